The van der Waals surface area contributed by atoms with Gasteiger partial charge in [0.15, 0.2) is 0 Å². The minimum absolute atomic E-state index is 0.712. The number of rotatable bonds is 4. The molecular weight excluding hydrogens is 234 g/mol. The highest BCUT2D eigenvalue weighted by Gasteiger charge is 2.11. The van der Waals surface area contributed by atoms with Gasteiger partial charge in [-0.05, 0) is 43.4 Å². The molecule has 2 rings (SSSR count). The molecule has 0 spiro atoms. The highest BCUT2D eigenvalue weighted by Crippen LogP contribution is 2.28. The second-order valence-corrected chi connectivity index (χ2v) is 4.81. The average molecular weight is 252 g/mol. The van der Waals surface area contributed by atoms with Gasteiger partial charge in [0.05, 0.1) is 12.8 Å². The SMILES string of the molecule is COc1ccc(Cl)cc1NCC1CC=CCC1. The van der Waals surface area contributed by atoms with Crippen molar-refractivity contribution in [2.75, 3.05) is 19.0 Å². The molecule has 0 radical (unpaired) electrons. The van der Waals surface area contributed by atoms with Crippen LogP contribution in [0, 0.1) is 5.92 Å². The number of anilines is 1. The summed E-state index contributed by atoms with van der Waals surface area (Å²) in [5.74, 6) is 1.56. The number of halogens is 1. The van der Waals surface area contributed by atoms with Crippen LogP contribution in [0.15, 0.2) is 30.4 Å². The fraction of sp³-hybridized carbons (Fsp3) is 0.429. The Labute approximate surface area is 108 Å². The number of benzene rings is 1. The van der Waals surface area contributed by atoms with Gasteiger partial charge in [-0.15, -0.1) is 0 Å². The van der Waals surface area contributed by atoms with Crippen LogP contribution in [0.3, 0.4) is 0 Å². The number of methoxy groups -OCH3 is 1. The Balaban J connectivity index is 1.97. The van der Waals surface area contributed by atoms with E-state index in [9.17, 15) is 0 Å². The Morgan fingerprint density at radius 3 is 3.00 bits per heavy atom. The van der Waals surface area contributed by atoms with Crippen LogP contribution in [0.25, 0.3) is 0 Å². The zero-order valence-corrected chi connectivity index (χ0v) is 10.8. The number of hydrogen-bond donors (Lipinski definition) is 1. The maximum absolute atomic E-state index is 5.99. The van der Waals surface area contributed by atoms with Gasteiger partial charge in [-0.2, -0.15) is 0 Å². The van der Waals surface area contributed by atoms with Crippen molar-refractivity contribution in [3.8, 4) is 5.75 Å². The molecule has 0 saturated carbocycles. The summed E-state index contributed by atoms with van der Waals surface area (Å²) in [5, 5.41) is 4.16. The first kappa shape index (κ1) is 12.3. The third kappa shape index (κ3) is 3.40. The first-order valence-corrected chi connectivity index (χ1v) is 6.40. The molecule has 1 aromatic carbocycles. The van der Waals surface area contributed by atoms with E-state index in [0.29, 0.717) is 5.92 Å². The van der Waals surface area contributed by atoms with E-state index in [1.165, 1.54) is 12.8 Å². The Bertz CT molecular complexity index is 403. The number of allylic oxidation sites excluding steroid dienone is 2. The van der Waals surface area contributed by atoms with Crippen LogP contribution in [-0.4, -0.2) is 13.7 Å². The topological polar surface area (TPSA) is 21.3 Å². The first-order valence-electron chi connectivity index (χ1n) is 6.02. The van der Waals surface area contributed by atoms with Crippen molar-refractivity contribution in [2.24, 2.45) is 5.92 Å². The van der Waals surface area contributed by atoms with Gasteiger partial charge in [-0.1, -0.05) is 23.8 Å². The monoisotopic (exact) mass is 251 g/mol. The van der Waals surface area contributed by atoms with Crippen LogP contribution in [0.2, 0.25) is 5.02 Å². The van der Waals surface area contributed by atoms with E-state index in [1.807, 2.05) is 18.2 Å². The fourth-order valence-electron chi connectivity index (χ4n) is 2.11. The molecule has 0 saturated heterocycles. The molecule has 0 aliphatic heterocycles. The first-order chi connectivity index (χ1) is 8.29. The molecule has 1 N–H and O–H groups in total. The van der Waals surface area contributed by atoms with E-state index >= 15 is 0 Å². The summed E-state index contributed by atoms with van der Waals surface area (Å²) >= 11 is 5.99. The summed E-state index contributed by atoms with van der Waals surface area (Å²) in [7, 11) is 1.68. The molecule has 1 aliphatic carbocycles. The quantitative estimate of drug-likeness (QED) is 0.813. The lowest BCUT2D eigenvalue weighted by Gasteiger charge is -2.20. The van der Waals surface area contributed by atoms with Crippen molar-refractivity contribution in [1.82, 2.24) is 0 Å². The van der Waals surface area contributed by atoms with E-state index in [0.717, 1.165) is 29.4 Å². The molecule has 1 aromatic rings. The van der Waals surface area contributed by atoms with Crippen LogP contribution in [0.4, 0.5) is 5.69 Å². The summed E-state index contributed by atoms with van der Waals surface area (Å²) in [5.41, 5.74) is 0.981. The number of hydrogen-bond acceptors (Lipinski definition) is 2. The predicted molar refractivity (Wildman–Crippen MR) is 73.0 cm³/mol. The average Bonchev–Trinajstić information content (AvgIpc) is 2.38. The van der Waals surface area contributed by atoms with Crippen molar-refractivity contribution in [1.29, 1.82) is 0 Å². The third-order valence-electron chi connectivity index (χ3n) is 3.12. The predicted octanol–water partition coefficient (Wildman–Crippen LogP) is 4.12. The molecular formula is C14H18ClNO. The normalized spacial score (nSPS) is 19.1. The lowest BCUT2D eigenvalue weighted by molar-refractivity contribution is 0.415. The molecule has 1 aliphatic rings. The summed E-state index contributed by atoms with van der Waals surface area (Å²) in [6, 6.07) is 5.65. The van der Waals surface area contributed by atoms with Gasteiger partial charge in [-0.3, -0.25) is 0 Å². The number of ether oxygens (including phenoxy) is 1. The molecule has 2 nitrogen and oxygen atoms in total. The largest absolute Gasteiger partial charge is 0.495 e. The van der Waals surface area contributed by atoms with Crippen LogP contribution in [-0.2, 0) is 0 Å². The van der Waals surface area contributed by atoms with Crippen LogP contribution in [0.1, 0.15) is 19.3 Å². The van der Waals surface area contributed by atoms with Gasteiger partial charge in [-0.25, -0.2) is 0 Å². The zero-order valence-electron chi connectivity index (χ0n) is 10.1. The number of nitrogens with one attached hydrogen (secondary N) is 1. The van der Waals surface area contributed by atoms with E-state index in [1.54, 1.807) is 7.11 Å². The van der Waals surface area contributed by atoms with Crippen LogP contribution < -0.4 is 10.1 Å². The highest BCUT2D eigenvalue weighted by atomic mass is 35.5. The molecule has 0 amide bonds. The smallest absolute Gasteiger partial charge is 0.142 e. The molecule has 92 valence electrons. The van der Waals surface area contributed by atoms with Gasteiger partial charge >= 0.3 is 0 Å². The third-order valence-corrected chi connectivity index (χ3v) is 3.36. The Kier molecular flexibility index (Phi) is 4.32. The van der Waals surface area contributed by atoms with Gasteiger partial charge in [0.25, 0.3) is 0 Å². The second kappa shape index (κ2) is 5.97. The second-order valence-electron chi connectivity index (χ2n) is 4.38. The molecule has 0 bridgehead atoms. The van der Waals surface area contributed by atoms with Gasteiger partial charge in [0, 0.05) is 11.6 Å². The Hall–Kier alpha value is -1.15. The summed E-state index contributed by atoms with van der Waals surface area (Å²) in [4.78, 5) is 0. The van der Waals surface area contributed by atoms with Crippen LogP contribution in [0.5, 0.6) is 5.75 Å². The van der Waals surface area contributed by atoms with Crippen molar-refractivity contribution < 1.29 is 4.74 Å². The van der Waals surface area contributed by atoms with E-state index < -0.39 is 0 Å². The Morgan fingerprint density at radius 2 is 2.29 bits per heavy atom. The molecule has 0 aromatic heterocycles. The van der Waals surface area contributed by atoms with Gasteiger partial charge in [0.2, 0.25) is 0 Å². The lowest BCUT2D eigenvalue weighted by atomic mass is 9.94. The summed E-state index contributed by atoms with van der Waals surface area (Å²) in [6.07, 6.45) is 8.14. The highest BCUT2D eigenvalue weighted by molar-refractivity contribution is 6.30. The van der Waals surface area contributed by atoms with Crippen molar-refractivity contribution in [3.63, 3.8) is 0 Å². The molecule has 1 unspecified atom stereocenters. The van der Waals surface area contributed by atoms with E-state index in [4.69, 9.17) is 16.3 Å². The molecule has 0 fully saturated rings. The van der Waals surface area contributed by atoms with E-state index in [-0.39, 0.29) is 0 Å². The Morgan fingerprint density at radius 1 is 1.41 bits per heavy atom. The lowest BCUT2D eigenvalue weighted by Crippen LogP contribution is -2.15. The van der Waals surface area contributed by atoms with Crippen molar-refractivity contribution in [2.45, 2.75) is 19.3 Å². The zero-order chi connectivity index (χ0) is 12.1. The summed E-state index contributed by atoms with van der Waals surface area (Å²) in [6.45, 7) is 0.973. The standard InChI is InChI=1S/C14H18ClNO/c1-17-14-8-7-12(15)9-13(14)16-10-11-5-3-2-4-6-11/h2-3,7-9,11,16H,4-6,10H2,1H3. The molecule has 0 heterocycles. The van der Waals surface area contributed by atoms with Crippen molar-refractivity contribution in [3.05, 3.63) is 35.4 Å². The molecule has 17 heavy (non-hydrogen) atoms. The van der Waals surface area contributed by atoms with Gasteiger partial charge in [0.1, 0.15) is 5.75 Å². The molecule has 1 atom stereocenters. The fourth-order valence-corrected chi connectivity index (χ4v) is 2.29. The van der Waals surface area contributed by atoms with Crippen molar-refractivity contribution >= 4 is 17.3 Å². The van der Waals surface area contributed by atoms with Crippen LogP contribution >= 0.6 is 11.6 Å². The minimum atomic E-state index is 0.712. The van der Waals surface area contributed by atoms with Gasteiger partial charge < -0.3 is 10.1 Å². The maximum atomic E-state index is 5.99. The van der Waals surface area contributed by atoms with E-state index in [2.05, 4.69) is 17.5 Å². The maximum Gasteiger partial charge on any atom is 0.142 e. The minimum Gasteiger partial charge on any atom is -0.495 e. The summed E-state index contributed by atoms with van der Waals surface area (Å²) < 4.78 is 5.31. The molecule has 3 heteroatoms.